The highest BCUT2D eigenvalue weighted by atomic mass is 19.4. The number of amides is 1. The number of aliphatic imine (C=N–C) groups is 1. The maximum absolute atomic E-state index is 13.7. The second-order valence-corrected chi connectivity index (χ2v) is 7.00. The van der Waals surface area contributed by atoms with Crippen LogP contribution in [0.25, 0.3) is 0 Å². The van der Waals surface area contributed by atoms with Crippen molar-refractivity contribution >= 4 is 17.4 Å². The van der Waals surface area contributed by atoms with Gasteiger partial charge in [0.2, 0.25) is 0 Å². The molecule has 0 fully saturated rings. The number of anilines is 1. The molecule has 1 aromatic carbocycles. The molecule has 160 valence electrons. The summed E-state index contributed by atoms with van der Waals surface area (Å²) in [4.78, 5) is 20.5. The van der Waals surface area contributed by atoms with Crippen molar-refractivity contribution in [2.24, 2.45) is 10.7 Å². The Hall–Kier alpha value is -3.14. The number of hydrogen-bond acceptors (Lipinski definition) is 6. The van der Waals surface area contributed by atoms with Gasteiger partial charge in [-0.05, 0) is 43.7 Å². The smallest absolute Gasteiger partial charge is 0.417 e. The SMILES string of the molecule is COc1ccc(C(=O)Nc2cccc([C@@]3(C)N=C(N)[C@@H](C)O[C@H]3C(F)(F)F)c2)nc1. The van der Waals surface area contributed by atoms with Crippen LogP contribution in [-0.2, 0) is 10.3 Å². The Bertz CT molecular complexity index is 963. The first-order valence-corrected chi connectivity index (χ1v) is 9.04. The van der Waals surface area contributed by atoms with Crippen molar-refractivity contribution in [2.75, 3.05) is 12.4 Å². The van der Waals surface area contributed by atoms with E-state index in [4.69, 9.17) is 15.2 Å². The van der Waals surface area contributed by atoms with Crippen LogP contribution < -0.4 is 15.8 Å². The molecule has 10 heteroatoms. The summed E-state index contributed by atoms with van der Waals surface area (Å²) >= 11 is 0. The van der Waals surface area contributed by atoms with E-state index in [-0.39, 0.29) is 22.8 Å². The summed E-state index contributed by atoms with van der Waals surface area (Å²) in [6.07, 6.45) is -6.44. The van der Waals surface area contributed by atoms with Crippen LogP contribution in [0.1, 0.15) is 29.9 Å². The van der Waals surface area contributed by atoms with E-state index in [0.29, 0.717) is 5.75 Å². The summed E-state index contributed by atoms with van der Waals surface area (Å²) < 4.78 is 51.2. The lowest BCUT2D eigenvalue weighted by atomic mass is 9.84. The molecule has 3 rings (SSSR count). The topological polar surface area (TPSA) is 98.8 Å². The molecule has 0 saturated carbocycles. The summed E-state index contributed by atoms with van der Waals surface area (Å²) in [5.41, 5.74) is 4.57. The van der Waals surface area contributed by atoms with E-state index in [1.807, 2.05) is 0 Å². The summed E-state index contributed by atoms with van der Waals surface area (Å²) in [6, 6.07) is 9.02. The van der Waals surface area contributed by atoms with Gasteiger partial charge >= 0.3 is 6.18 Å². The number of ether oxygens (including phenoxy) is 2. The van der Waals surface area contributed by atoms with Crippen molar-refractivity contribution in [2.45, 2.75) is 37.8 Å². The highest BCUT2D eigenvalue weighted by Crippen LogP contribution is 2.43. The molecule has 0 saturated heterocycles. The third kappa shape index (κ3) is 4.23. The Morgan fingerprint density at radius 1 is 1.30 bits per heavy atom. The van der Waals surface area contributed by atoms with Gasteiger partial charge in [-0.25, -0.2) is 4.98 Å². The Kier molecular flexibility index (Phi) is 5.71. The van der Waals surface area contributed by atoms with Crippen molar-refractivity contribution in [1.29, 1.82) is 0 Å². The zero-order valence-electron chi connectivity index (χ0n) is 16.5. The van der Waals surface area contributed by atoms with Crippen LogP contribution in [-0.4, -0.2) is 42.2 Å². The number of alkyl halides is 3. The first kappa shape index (κ1) is 21.6. The molecule has 30 heavy (non-hydrogen) atoms. The first-order valence-electron chi connectivity index (χ1n) is 9.04. The zero-order chi connectivity index (χ0) is 22.1. The number of nitrogens with two attached hydrogens (primary N) is 1. The quantitative estimate of drug-likeness (QED) is 0.788. The fraction of sp³-hybridized carbons (Fsp3) is 0.350. The number of carbonyl (C=O) groups excluding carboxylic acids is 1. The lowest BCUT2D eigenvalue weighted by Crippen LogP contribution is -2.55. The minimum absolute atomic E-state index is 0.0325. The van der Waals surface area contributed by atoms with Gasteiger partial charge in [-0.3, -0.25) is 9.79 Å². The minimum atomic E-state index is -4.67. The minimum Gasteiger partial charge on any atom is -0.495 e. The maximum atomic E-state index is 13.7. The molecular formula is C20H21F3N4O3. The maximum Gasteiger partial charge on any atom is 0.417 e. The standard InChI is InChI=1S/C20H21F3N4O3/c1-11-16(24)27-19(2,18(30-11)20(21,22)23)12-5-4-6-13(9-12)26-17(28)15-8-7-14(29-3)10-25-15/h4-11,18H,1-3H3,(H2,24,27)(H,26,28)/t11-,18-,19-/m1/s1. The van der Waals surface area contributed by atoms with Crippen molar-refractivity contribution in [1.82, 2.24) is 4.98 Å². The molecule has 2 aromatic rings. The van der Waals surface area contributed by atoms with Crippen LogP contribution in [0.15, 0.2) is 47.6 Å². The lowest BCUT2D eigenvalue weighted by molar-refractivity contribution is -0.248. The summed E-state index contributed by atoms with van der Waals surface area (Å²) in [6.45, 7) is 2.71. The number of rotatable bonds is 4. The van der Waals surface area contributed by atoms with Crippen molar-refractivity contribution in [3.8, 4) is 5.75 Å². The van der Waals surface area contributed by atoms with Gasteiger partial charge in [0.25, 0.3) is 5.91 Å². The molecule has 7 nitrogen and oxygen atoms in total. The van der Waals surface area contributed by atoms with E-state index in [9.17, 15) is 18.0 Å². The highest BCUT2D eigenvalue weighted by Gasteiger charge is 2.56. The number of pyridine rings is 1. The van der Waals surface area contributed by atoms with Gasteiger partial charge < -0.3 is 20.5 Å². The van der Waals surface area contributed by atoms with Crippen LogP contribution in [0.5, 0.6) is 5.75 Å². The number of halogens is 3. The largest absolute Gasteiger partial charge is 0.495 e. The van der Waals surface area contributed by atoms with E-state index >= 15 is 0 Å². The summed E-state index contributed by atoms with van der Waals surface area (Å²) in [5, 5.41) is 2.62. The summed E-state index contributed by atoms with van der Waals surface area (Å²) in [5.74, 6) is -0.0691. The van der Waals surface area contributed by atoms with E-state index in [2.05, 4.69) is 15.3 Å². The molecule has 2 heterocycles. The molecule has 0 unspecified atom stereocenters. The van der Waals surface area contributed by atoms with Gasteiger partial charge in [-0.2, -0.15) is 13.2 Å². The Morgan fingerprint density at radius 3 is 2.63 bits per heavy atom. The number of carbonyl (C=O) groups is 1. The zero-order valence-corrected chi connectivity index (χ0v) is 16.5. The third-order valence-corrected chi connectivity index (χ3v) is 4.84. The molecule has 1 aliphatic heterocycles. The Morgan fingerprint density at radius 2 is 2.03 bits per heavy atom. The molecule has 1 amide bonds. The Balaban J connectivity index is 1.92. The predicted molar refractivity (Wildman–Crippen MR) is 105 cm³/mol. The van der Waals surface area contributed by atoms with Crippen molar-refractivity contribution in [3.05, 3.63) is 53.9 Å². The van der Waals surface area contributed by atoms with E-state index < -0.39 is 29.8 Å². The number of aromatic nitrogens is 1. The van der Waals surface area contributed by atoms with E-state index in [1.54, 1.807) is 12.1 Å². The number of hydrogen-bond donors (Lipinski definition) is 2. The average Bonchev–Trinajstić information content (AvgIpc) is 2.70. The highest BCUT2D eigenvalue weighted by molar-refractivity contribution is 6.02. The first-order chi connectivity index (χ1) is 14.0. The molecule has 0 spiro atoms. The number of amidine groups is 1. The van der Waals surface area contributed by atoms with Crippen LogP contribution in [0.4, 0.5) is 18.9 Å². The van der Waals surface area contributed by atoms with Crippen molar-refractivity contribution < 1.29 is 27.4 Å². The molecule has 0 bridgehead atoms. The Labute approximate surface area is 171 Å². The van der Waals surface area contributed by atoms with Gasteiger partial charge in [0.15, 0.2) is 6.10 Å². The summed E-state index contributed by atoms with van der Waals surface area (Å²) in [7, 11) is 1.47. The van der Waals surface area contributed by atoms with Gasteiger partial charge in [0.1, 0.15) is 28.9 Å². The van der Waals surface area contributed by atoms with Gasteiger partial charge in [-0.1, -0.05) is 12.1 Å². The fourth-order valence-corrected chi connectivity index (χ4v) is 3.18. The number of methoxy groups -OCH3 is 1. The normalized spacial score (nSPS) is 24.1. The molecule has 1 aliphatic rings. The monoisotopic (exact) mass is 422 g/mol. The van der Waals surface area contributed by atoms with Gasteiger partial charge in [0.05, 0.1) is 13.3 Å². The second-order valence-electron chi connectivity index (χ2n) is 7.00. The van der Waals surface area contributed by atoms with E-state index in [1.165, 1.54) is 51.4 Å². The molecular weight excluding hydrogens is 401 g/mol. The van der Waals surface area contributed by atoms with Crippen LogP contribution >= 0.6 is 0 Å². The molecule has 1 aromatic heterocycles. The lowest BCUT2D eigenvalue weighted by Gasteiger charge is -2.41. The van der Waals surface area contributed by atoms with E-state index in [0.717, 1.165) is 0 Å². The second kappa shape index (κ2) is 7.94. The van der Waals surface area contributed by atoms with Gasteiger partial charge in [0, 0.05) is 5.69 Å². The van der Waals surface area contributed by atoms with Crippen LogP contribution in [0.3, 0.4) is 0 Å². The van der Waals surface area contributed by atoms with Crippen LogP contribution in [0.2, 0.25) is 0 Å². The van der Waals surface area contributed by atoms with Crippen LogP contribution in [0, 0.1) is 0 Å². The number of nitrogens with one attached hydrogen (secondary N) is 1. The average molecular weight is 422 g/mol. The molecule has 0 radical (unpaired) electrons. The molecule has 0 aliphatic carbocycles. The fourth-order valence-electron chi connectivity index (χ4n) is 3.18. The number of benzene rings is 1. The molecule has 3 N–H and O–H groups in total. The molecule has 3 atom stereocenters. The van der Waals surface area contributed by atoms with Crippen molar-refractivity contribution in [3.63, 3.8) is 0 Å². The third-order valence-electron chi connectivity index (χ3n) is 4.84. The predicted octanol–water partition coefficient (Wildman–Crippen LogP) is 3.26. The van der Waals surface area contributed by atoms with Gasteiger partial charge in [-0.15, -0.1) is 0 Å². The number of nitrogens with zero attached hydrogens (tertiary/aromatic N) is 2.